The number of carboxylic acids is 1. The van der Waals surface area contributed by atoms with Crippen LogP contribution in [-0.4, -0.2) is 57.7 Å². The van der Waals surface area contributed by atoms with Crippen LogP contribution in [-0.2, 0) is 23.9 Å². The van der Waals surface area contributed by atoms with Crippen LogP contribution in [0.2, 0.25) is 0 Å². The van der Waals surface area contributed by atoms with Crippen LogP contribution in [0.25, 0.3) is 0 Å². The quantitative estimate of drug-likeness (QED) is 0.521. The Morgan fingerprint density at radius 3 is 2.16 bits per heavy atom. The van der Waals surface area contributed by atoms with Crippen molar-refractivity contribution in [1.29, 1.82) is 0 Å². The van der Waals surface area contributed by atoms with E-state index in [0.29, 0.717) is 45.4 Å². The van der Waals surface area contributed by atoms with Gasteiger partial charge in [0.25, 0.3) is 0 Å². The van der Waals surface area contributed by atoms with Gasteiger partial charge in [-0.2, -0.15) is 0 Å². The number of ether oxygens (including phenoxy) is 7. The van der Waals surface area contributed by atoms with Crippen LogP contribution in [0.3, 0.4) is 0 Å². The number of rotatable bonds is 8. The van der Waals surface area contributed by atoms with Crippen LogP contribution in [0.4, 0.5) is 0 Å². The monoisotopic (exact) mass is 514 g/mol. The zero-order valence-electron chi connectivity index (χ0n) is 20.5. The van der Waals surface area contributed by atoms with Gasteiger partial charge >= 0.3 is 17.9 Å². The van der Waals surface area contributed by atoms with Gasteiger partial charge in [-0.3, -0.25) is 14.4 Å². The first kappa shape index (κ1) is 24.5. The number of methoxy groups -OCH3 is 3. The second-order valence-electron chi connectivity index (χ2n) is 8.89. The van der Waals surface area contributed by atoms with Gasteiger partial charge in [-0.05, 0) is 35.4 Å². The predicted molar refractivity (Wildman–Crippen MR) is 124 cm³/mol. The van der Waals surface area contributed by atoms with Crippen molar-refractivity contribution >= 4 is 17.9 Å². The molecule has 5 rings (SSSR count). The van der Waals surface area contributed by atoms with Crippen LogP contribution in [0, 0.1) is 11.8 Å². The number of hydrogen-bond donors (Lipinski definition) is 1. The topological polar surface area (TPSA) is 136 Å². The highest BCUT2D eigenvalue weighted by Gasteiger charge is 2.54. The molecule has 2 heterocycles. The Kier molecular flexibility index (Phi) is 6.45. The Morgan fingerprint density at radius 2 is 1.57 bits per heavy atom. The summed E-state index contributed by atoms with van der Waals surface area (Å²) in [4.78, 5) is 36.7. The molecule has 37 heavy (non-hydrogen) atoms. The standard InChI is InChI=1S/C26H26O11/c1-31-18-6-12(7-19(32-2)25(18)33-3)22-13-8-16-17(36-11-35-16)9-14(13)24(15-10-34-26(30)23(15)22)37-21(29)5-4-20(27)28/h6-9,15,22-24H,4-5,10-11H2,1-3H3,(H,27,28)/t15?,22-,23+,24+/m1/s1. The van der Waals surface area contributed by atoms with Gasteiger partial charge in [-0.15, -0.1) is 0 Å². The molecule has 1 unspecified atom stereocenters. The molecule has 1 fully saturated rings. The summed E-state index contributed by atoms with van der Waals surface area (Å²) in [7, 11) is 4.52. The van der Waals surface area contributed by atoms with Gasteiger partial charge in [0.1, 0.15) is 6.10 Å². The van der Waals surface area contributed by atoms with Gasteiger partial charge in [0.05, 0.1) is 46.7 Å². The number of esters is 2. The minimum atomic E-state index is -1.11. The molecule has 0 spiro atoms. The minimum absolute atomic E-state index is 0.0328. The highest BCUT2D eigenvalue weighted by atomic mass is 16.7. The van der Waals surface area contributed by atoms with Crippen LogP contribution >= 0.6 is 0 Å². The third-order valence-corrected chi connectivity index (χ3v) is 6.97. The first-order valence-corrected chi connectivity index (χ1v) is 11.7. The first-order valence-electron chi connectivity index (χ1n) is 11.7. The van der Waals surface area contributed by atoms with Gasteiger partial charge < -0.3 is 38.3 Å². The van der Waals surface area contributed by atoms with Crippen molar-refractivity contribution in [3.63, 3.8) is 0 Å². The van der Waals surface area contributed by atoms with Crippen molar-refractivity contribution in [3.05, 3.63) is 41.0 Å². The lowest BCUT2D eigenvalue weighted by Gasteiger charge is -2.38. The second-order valence-corrected chi connectivity index (χ2v) is 8.89. The van der Waals surface area contributed by atoms with Gasteiger partial charge in [-0.1, -0.05) is 0 Å². The highest BCUT2D eigenvalue weighted by Crippen LogP contribution is 2.56. The zero-order chi connectivity index (χ0) is 26.3. The molecule has 1 N–H and O–H groups in total. The Bertz CT molecular complexity index is 1230. The highest BCUT2D eigenvalue weighted by molar-refractivity contribution is 5.80. The van der Waals surface area contributed by atoms with Gasteiger partial charge in [0, 0.05) is 17.4 Å². The molecular formula is C26H26O11. The number of fused-ring (bicyclic) bond motifs is 3. The lowest BCUT2D eigenvalue weighted by molar-refractivity contribution is -0.156. The number of hydrogen-bond acceptors (Lipinski definition) is 10. The molecular weight excluding hydrogens is 488 g/mol. The molecule has 1 aliphatic carbocycles. The molecule has 1 saturated heterocycles. The van der Waals surface area contributed by atoms with E-state index in [-0.39, 0.29) is 26.2 Å². The lowest BCUT2D eigenvalue weighted by atomic mass is 9.66. The molecule has 0 amide bonds. The van der Waals surface area contributed by atoms with Crippen molar-refractivity contribution < 1.29 is 52.6 Å². The molecule has 0 aromatic heterocycles. The fraction of sp³-hybridized carbons (Fsp3) is 0.423. The van der Waals surface area contributed by atoms with Crippen molar-refractivity contribution in [1.82, 2.24) is 0 Å². The van der Waals surface area contributed by atoms with E-state index in [1.54, 1.807) is 24.3 Å². The summed E-state index contributed by atoms with van der Waals surface area (Å²) in [5.74, 6) is -1.73. The Hall–Kier alpha value is -4.15. The summed E-state index contributed by atoms with van der Waals surface area (Å²) in [6.45, 7) is 0.0697. The summed E-state index contributed by atoms with van der Waals surface area (Å²) in [6.07, 6.45) is -1.51. The molecule has 2 aromatic rings. The summed E-state index contributed by atoms with van der Waals surface area (Å²) in [5, 5.41) is 8.97. The minimum Gasteiger partial charge on any atom is -0.493 e. The Labute approximate surface area is 212 Å². The molecule has 4 atom stereocenters. The normalized spacial score (nSPS) is 22.9. The smallest absolute Gasteiger partial charge is 0.310 e. The number of cyclic esters (lactones) is 1. The number of carboxylic acid groups (broad SMARTS) is 1. The van der Waals surface area contributed by atoms with E-state index in [0.717, 1.165) is 0 Å². The molecule has 0 bridgehead atoms. The maximum atomic E-state index is 13.1. The molecule has 2 aromatic carbocycles. The Morgan fingerprint density at radius 1 is 0.919 bits per heavy atom. The zero-order valence-corrected chi connectivity index (χ0v) is 20.5. The van der Waals surface area contributed by atoms with Crippen LogP contribution in [0.5, 0.6) is 28.7 Å². The van der Waals surface area contributed by atoms with E-state index < -0.39 is 41.8 Å². The molecule has 11 nitrogen and oxygen atoms in total. The largest absolute Gasteiger partial charge is 0.493 e. The van der Waals surface area contributed by atoms with Gasteiger partial charge in [0.2, 0.25) is 12.5 Å². The van der Waals surface area contributed by atoms with E-state index in [9.17, 15) is 14.4 Å². The molecule has 0 radical (unpaired) electrons. The number of carbonyl (C=O) groups excluding carboxylic acids is 2. The van der Waals surface area contributed by atoms with Crippen molar-refractivity contribution in [3.8, 4) is 28.7 Å². The summed E-state index contributed by atoms with van der Waals surface area (Å²) >= 11 is 0. The number of benzene rings is 2. The molecule has 2 aliphatic heterocycles. The van der Waals surface area contributed by atoms with Crippen molar-refractivity contribution in [2.45, 2.75) is 24.9 Å². The van der Waals surface area contributed by atoms with Crippen LogP contribution in [0.1, 0.15) is 41.6 Å². The first-order chi connectivity index (χ1) is 17.9. The maximum Gasteiger partial charge on any atom is 0.310 e. The van der Waals surface area contributed by atoms with Crippen molar-refractivity contribution in [2.75, 3.05) is 34.7 Å². The SMILES string of the molecule is COc1cc([C@@H]2c3cc4c(cc3[C@H](OC(=O)CCC(=O)O)C3COC(=O)[C@@H]32)OCO4)cc(OC)c1OC. The molecule has 0 saturated carbocycles. The number of aliphatic carboxylic acids is 1. The van der Waals surface area contributed by atoms with E-state index >= 15 is 0 Å². The van der Waals surface area contributed by atoms with E-state index in [1.807, 2.05) is 0 Å². The summed E-state index contributed by atoms with van der Waals surface area (Å²) < 4.78 is 39.0. The average Bonchev–Trinajstić information content (AvgIpc) is 3.51. The van der Waals surface area contributed by atoms with Crippen LogP contribution in [0.15, 0.2) is 24.3 Å². The van der Waals surface area contributed by atoms with Crippen LogP contribution < -0.4 is 23.7 Å². The van der Waals surface area contributed by atoms with E-state index in [1.165, 1.54) is 21.3 Å². The lowest BCUT2D eigenvalue weighted by Crippen LogP contribution is -2.36. The summed E-state index contributed by atoms with van der Waals surface area (Å²) in [5.41, 5.74) is 2.03. The van der Waals surface area contributed by atoms with E-state index in [2.05, 4.69) is 0 Å². The third-order valence-electron chi connectivity index (χ3n) is 6.97. The van der Waals surface area contributed by atoms with Gasteiger partial charge in [-0.25, -0.2) is 0 Å². The number of carbonyl (C=O) groups is 3. The predicted octanol–water partition coefficient (Wildman–Crippen LogP) is 2.82. The van der Waals surface area contributed by atoms with Crippen molar-refractivity contribution in [2.24, 2.45) is 11.8 Å². The second kappa shape index (κ2) is 9.72. The maximum absolute atomic E-state index is 13.1. The molecule has 196 valence electrons. The van der Waals surface area contributed by atoms with Gasteiger partial charge in [0.15, 0.2) is 23.0 Å². The van der Waals surface area contributed by atoms with E-state index in [4.69, 9.17) is 38.3 Å². The average molecular weight is 514 g/mol. The molecule has 3 aliphatic rings. The third kappa shape index (κ3) is 4.24. The fourth-order valence-electron chi connectivity index (χ4n) is 5.35. The molecule has 11 heteroatoms. The fourth-order valence-corrected chi connectivity index (χ4v) is 5.35. The Balaban J connectivity index is 1.66. The summed E-state index contributed by atoms with van der Waals surface area (Å²) in [6, 6.07) is 7.09.